The molecule has 0 aliphatic rings. The van der Waals surface area contributed by atoms with Crippen LogP contribution in [0.2, 0.25) is 0 Å². The number of amides is 1. The van der Waals surface area contributed by atoms with Crippen LogP contribution in [0.3, 0.4) is 0 Å². The SMILES string of the molecule is CC(=O)Nc1ccc(-n2c(-c3cc(C(C)C)c(O)cc3O)n[nH]c2=S)cc1. The summed E-state index contributed by atoms with van der Waals surface area (Å²) in [4.78, 5) is 11.2. The molecule has 140 valence electrons. The summed E-state index contributed by atoms with van der Waals surface area (Å²) in [7, 11) is 0. The highest BCUT2D eigenvalue weighted by atomic mass is 32.1. The Morgan fingerprint density at radius 1 is 1.19 bits per heavy atom. The number of aromatic hydroxyl groups is 2. The summed E-state index contributed by atoms with van der Waals surface area (Å²) in [6.45, 7) is 5.35. The zero-order valence-corrected chi connectivity index (χ0v) is 16.0. The number of nitrogens with one attached hydrogen (secondary N) is 2. The van der Waals surface area contributed by atoms with Gasteiger partial charge in [0.15, 0.2) is 10.6 Å². The molecule has 1 amide bonds. The lowest BCUT2D eigenvalue weighted by molar-refractivity contribution is -0.114. The maximum atomic E-state index is 11.2. The molecule has 2 aromatic carbocycles. The van der Waals surface area contributed by atoms with Gasteiger partial charge < -0.3 is 15.5 Å². The molecule has 0 bridgehead atoms. The Kier molecular flexibility index (Phi) is 5.00. The van der Waals surface area contributed by atoms with Crippen LogP contribution in [0.15, 0.2) is 36.4 Å². The fourth-order valence-corrected chi connectivity index (χ4v) is 3.09. The predicted octanol–water partition coefficient (Wildman–Crippen LogP) is 4.09. The molecule has 0 fully saturated rings. The monoisotopic (exact) mass is 384 g/mol. The predicted molar refractivity (Wildman–Crippen MR) is 106 cm³/mol. The molecule has 4 N–H and O–H groups in total. The van der Waals surface area contributed by atoms with Crippen LogP contribution in [0.5, 0.6) is 11.5 Å². The number of phenolic OH excluding ortho intramolecular Hbond substituents is 2. The zero-order chi connectivity index (χ0) is 19.7. The lowest BCUT2D eigenvalue weighted by Gasteiger charge is -2.13. The highest BCUT2D eigenvalue weighted by Crippen LogP contribution is 2.37. The highest BCUT2D eigenvalue weighted by molar-refractivity contribution is 7.71. The number of rotatable bonds is 4. The lowest BCUT2D eigenvalue weighted by atomic mass is 9.98. The second kappa shape index (κ2) is 7.24. The number of nitrogens with zero attached hydrogens (tertiary/aromatic N) is 2. The van der Waals surface area contributed by atoms with Crippen molar-refractivity contribution in [3.8, 4) is 28.6 Å². The summed E-state index contributed by atoms with van der Waals surface area (Å²) in [5.74, 6) is 0.274. The number of anilines is 1. The first-order valence-corrected chi connectivity index (χ1v) is 8.80. The Balaban J connectivity index is 2.12. The average molecular weight is 384 g/mol. The fraction of sp³-hybridized carbons (Fsp3) is 0.211. The van der Waals surface area contributed by atoms with Crippen LogP contribution in [0, 0.1) is 4.77 Å². The lowest BCUT2D eigenvalue weighted by Crippen LogP contribution is -2.06. The maximum Gasteiger partial charge on any atom is 0.221 e. The van der Waals surface area contributed by atoms with E-state index in [0.29, 0.717) is 27.4 Å². The van der Waals surface area contributed by atoms with Crippen LogP contribution >= 0.6 is 12.2 Å². The largest absolute Gasteiger partial charge is 0.508 e. The Morgan fingerprint density at radius 2 is 1.85 bits per heavy atom. The minimum absolute atomic E-state index is 0.0339. The number of carbonyl (C=O) groups excluding carboxylic acids is 1. The summed E-state index contributed by atoms with van der Waals surface area (Å²) in [6, 6.07) is 10.1. The van der Waals surface area contributed by atoms with Gasteiger partial charge in [-0.3, -0.25) is 14.5 Å². The summed E-state index contributed by atoms with van der Waals surface area (Å²) < 4.78 is 2.04. The van der Waals surface area contributed by atoms with E-state index in [1.807, 2.05) is 13.8 Å². The van der Waals surface area contributed by atoms with Crippen LogP contribution in [-0.4, -0.2) is 30.9 Å². The van der Waals surface area contributed by atoms with E-state index in [4.69, 9.17) is 12.2 Å². The number of aromatic nitrogens is 3. The maximum absolute atomic E-state index is 11.2. The normalized spacial score (nSPS) is 11.0. The molecule has 1 aromatic heterocycles. The molecule has 7 nitrogen and oxygen atoms in total. The van der Waals surface area contributed by atoms with Gasteiger partial charge >= 0.3 is 0 Å². The number of H-pyrrole nitrogens is 1. The second-order valence-electron chi connectivity index (χ2n) is 6.50. The minimum atomic E-state index is -0.154. The molecule has 8 heteroatoms. The van der Waals surface area contributed by atoms with Gasteiger partial charge in [-0.25, -0.2) is 0 Å². The van der Waals surface area contributed by atoms with Crippen molar-refractivity contribution < 1.29 is 15.0 Å². The van der Waals surface area contributed by atoms with Gasteiger partial charge in [-0.2, -0.15) is 5.10 Å². The van der Waals surface area contributed by atoms with E-state index < -0.39 is 0 Å². The Morgan fingerprint density at radius 3 is 2.44 bits per heavy atom. The van der Waals surface area contributed by atoms with Gasteiger partial charge in [-0.15, -0.1) is 0 Å². The fourth-order valence-electron chi connectivity index (χ4n) is 2.85. The van der Waals surface area contributed by atoms with Gasteiger partial charge in [0.1, 0.15) is 11.5 Å². The van der Waals surface area contributed by atoms with Crippen molar-refractivity contribution in [3.63, 3.8) is 0 Å². The Bertz CT molecular complexity index is 1050. The van der Waals surface area contributed by atoms with Gasteiger partial charge in [-0.1, -0.05) is 13.8 Å². The van der Waals surface area contributed by atoms with E-state index in [0.717, 1.165) is 5.69 Å². The van der Waals surface area contributed by atoms with Crippen molar-refractivity contribution in [1.82, 2.24) is 14.8 Å². The van der Waals surface area contributed by atoms with Crippen molar-refractivity contribution in [2.45, 2.75) is 26.7 Å². The van der Waals surface area contributed by atoms with Crippen molar-refractivity contribution >= 4 is 23.8 Å². The van der Waals surface area contributed by atoms with Crippen LogP contribution in [0.4, 0.5) is 5.69 Å². The molecule has 0 saturated carbocycles. The number of carbonyl (C=O) groups is 1. The van der Waals surface area contributed by atoms with Gasteiger partial charge in [-0.05, 0) is 54.0 Å². The highest BCUT2D eigenvalue weighted by Gasteiger charge is 2.18. The number of benzene rings is 2. The van der Waals surface area contributed by atoms with Crippen molar-refractivity contribution in [3.05, 3.63) is 46.7 Å². The Labute approximate surface area is 161 Å². The van der Waals surface area contributed by atoms with Crippen molar-refractivity contribution in [2.75, 3.05) is 5.32 Å². The molecule has 0 aliphatic carbocycles. The van der Waals surface area contributed by atoms with Crippen LogP contribution in [-0.2, 0) is 4.79 Å². The number of phenols is 2. The molecule has 27 heavy (non-hydrogen) atoms. The van der Waals surface area contributed by atoms with Crippen LogP contribution in [0.1, 0.15) is 32.3 Å². The molecule has 0 spiro atoms. The summed E-state index contributed by atoms with van der Waals surface area (Å²) >= 11 is 5.36. The molecule has 1 heterocycles. The number of hydrogen-bond acceptors (Lipinski definition) is 5. The molecule has 0 radical (unpaired) electrons. The zero-order valence-electron chi connectivity index (χ0n) is 15.1. The van der Waals surface area contributed by atoms with E-state index in [1.54, 1.807) is 34.9 Å². The third-order valence-corrected chi connectivity index (χ3v) is 4.40. The van der Waals surface area contributed by atoms with E-state index in [1.165, 1.54) is 13.0 Å². The molecule has 3 aromatic rings. The molecule has 3 rings (SSSR count). The smallest absolute Gasteiger partial charge is 0.221 e. The summed E-state index contributed by atoms with van der Waals surface area (Å²) in [6.07, 6.45) is 0. The quantitative estimate of drug-likeness (QED) is 0.507. The minimum Gasteiger partial charge on any atom is -0.508 e. The topological polar surface area (TPSA) is 103 Å². The third kappa shape index (κ3) is 3.70. The molecule has 0 atom stereocenters. The van der Waals surface area contributed by atoms with E-state index in [-0.39, 0.29) is 23.3 Å². The first-order valence-electron chi connectivity index (χ1n) is 8.39. The van der Waals surface area contributed by atoms with Crippen LogP contribution < -0.4 is 5.32 Å². The molecular formula is C19H20N4O3S. The second-order valence-corrected chi connectivity index (χ2v) is 6.89. The van der Waals surface area contributed by atoms with Crippen molar-refractivity contribution in [2.24, 2.45) is 0 Å². The first-order chi connectivity index (χ1) is 12.8. The van der Waals surface area contributed by atoms with Crippen LogP contribution in [0.25, 0.3) is 17.1 Å². The Hall–Kier alpha value is -3.13. The van der Waals surface area contributed by atoms with E-state index in [2.05, 4.69) is 15.5 Å². The van der Waals surface area contributed by atoms with Gasteiger partial charge in [0.2, 0.25) is 5.91 Å². The third-order valence-electron chi connectivity index (χ3n) is 4.13. The summed E-state index contributed by atoms with van der Waals surface area (Å²) in [5, 5.41) is 30.2. The summed E-state index contributed by atoms with van der Waals surface area (Å²) in [5.41, 5.74) is 2.54. The van der Waals surface area contributed by atoms with Gasteiger partial charge in [0.05, 0.1) is 11.3 Å². The molecular weight excluding hydrogens is 364 g/mol. The molecule has 0 aliphatic heterocycles. The standard InChI is InChI=1S/C19H20N4O3S/c1-10(2)14-8-15(17(26)9-16(14)25)18-21-22-19(27)23(18)13-6-4-12(5-7-13)20-11(3)24/h4-10,25-26H,1-3H3,(H,20,24)(H,22,27). The number of hydrogen-bond donors (Lipinski definition) is 4. The van der Waals surface area contributed by atoms with Gasteiger partial charge in [0.25, 0.3) is 0 Å². The average Bonchev–Trinajstić information content (AvgIpc) is 2.96. The van der Waals surface area contributed by atoms with Gasteiger partial charge in [0, 0.05) is 18.7 Å². The van der Waals surface area contributed by atoms with Crippen molar-refractivity contribution in [1.29, 1.82) is 0 Å². The molecule has 0 unspecified atom stereocenters. The van der Waals surface area contributed by atoms with E-state index in [9.17, 15) is 15.0 Å². The van der Waals surface area contributed by atoms with E-state index >= 15 is 0 Å². The number of aromatic amines is 1. The first kappa shape index (κ1) is 18.7. The molecule has 0 saturated heterocycles.